The third-order valence-electron chi connectivity index (χ3n) is 3.37. The number of fused-ring (bicyclic) bond motifs is 4. The predicted molar refractivity (Wildman–Crippen MR) is 27.8 cm³/mol. The smallest absolute Gasteiger partial charge is 0.0349 e. The van der Waals surface area contributed by atoms with Crippen molar-refractivity contribution in [2.45, 2.75) is 19.3 Å². The summed E-state index contributed by atoms with van der Waals surface area (Å²) >= 11 is 0. The summed E-state index contributed by atoms with van der Waals surface area (Å²) in [5, 5.41) is 0. The van der Waals surface area contributed by atoms with Gasteiger partial charge in [-0.05, 0) is 42.9 Å². The monoisotopic (exact) mass is 94.1 g/mol. The van der Waals surface area contributed by atoms with Crippen LogP contribution in [0.3, 0.4) is 0 Å². The van der Waals surface area contributed by atoms with E-state index in [-0.39, 0.29) is 0 Å². The summed E-state index contributed by atoms with van der Waals surface area (Å²) in [4.78, 5) is 0. The fourth-order valence-corrected chi connectivity index (χ4v) is 2.69. The Hall–Kier alpha value is 0. The first-order valence-electron chi connectivity index (χ1n) is 3.47. The van der Waals surface area contributed by atoms with Crippen molar-refractivity contribution in [3.8, 4) is 0 Å². The Morgan fingerprint density at radius 3 is 1.57 bits per heavy atom. The van der Waals surface area contributed by atoms with Gasteiger partial charge in [0.05, 0.1) is 0 Å². The molecular formula is C7H10. The Bertz CT molecular complexity index is 103. The summed E-state index contributed by atoms with van der Waals surface area (Å²) in [6.07, 6.45) is 4.80. The lowest BCUT2D eigenvalue weighted by Gasteiger charge is -2.45. The highest BCUT2D eigenvalue weighted by atomic mass is 14.7. The Labute approximate surface area is 43.9 Å². The predicted octanol–water partition coefficient (Wildman–Crippen LogP) is 1.66. The molecule has 0 heterocycles. The normalized spacial score (nSPS) is 72.0. The molecule has 0 aromatic carbocycles. The van der Waals surface area contributed by atoms with Gasteiger partial charge in [-0.1, -0.05) is 0 Å². The highest BCUT2D eigenvalue weighted by Gasteiger charge is 2.64. The van der Waals surface area contributed by atoms with Gasteiger partial charge in [0, 0.05) is 0 Å². The van der Waals surface area contributed by atoms with E-state index < -0.39 is 0 Å². The van der Waals surface area contributed by atoms with Crippen LogP contribution in [0.5, 0.6) is 0 Å². The van der Waals surface area contributed by atoms with Crippen molar-refractivity contribution < 1.29 is 0 Å². The van der Waals surface area contributed by atoms with Crippen LogP contribution in [0.4, 0.5) is 0 Å². The number of hydrogen-bond acceptors (Lipinski definition) is 0. The second-order valence-corrected chi connectivity index (χ2v) is 3.47. The molecule has 0 amide bonds. The third-order valence-corrected chi connectivity index (χ3v) is 3.37. The first-order valence-corrected chi connectivity index (χ1v) is 3.47. The van der Waals surface area contributed by atoms with Crippen LogP contribution in [0.2, 0.25) is 0 Å². The lowest BCUT2D eigenvalue weighted by molar-refractivity contribution is 0.0372. The lowest BCUT2D eigenvalue weighted by Crippen LogP contribution is -2.38. The molecule has 0 saturated heterocycles. The van der Waals surface area contributed by atoms with E-state index in [1.54, 1.807) is 19.3 Å². The van der Waals surface area contributed by atoms with Crippen molar-refractivity contribution in [2.75, 3.05) is 0 Å². The van der Waals surface area contributed by atoms with Gasteiger partial charge in [-0.2, -0.15) is 0 Å². The van der Waals surface area contributed by atoms with Crippen LogP contribution in [0.25, 0.3) is 0 Å². The molecule has 3 aliphatic rings. The van der Waals surface area contributed by atoms with Gasteiger partial charge in [0.15, 0.2) is 0 Å². The van der Waals surface area contributed by atoms with Crippen LogP contribution < -0.4 is 0 Å². The molecule has 0 N–H and O–H groups in total. The maximum atomic E-state index is 1.62. The second-order valence-electron chi connectivity index (χ2n) is 3.47. The van der Waals surface area contributed by atoms with Crippen molar-refractivity contribution in [3.05, 3.63) is 0 Å². The molecule has 3 rings (SSSR count). The summed E-state index contributed by atoms with van der Waals surface area (Å²) in [7, 11) is 0. The Kier molecular flexibility index (Phi) is 0.296. The summed E-state index contributed by atoms with van der Waals surface area (Å²) in [6, 6.07) is 0. The van der Waals surface area contributed by atoms with E-state index in [2.05, 4.69) is 0 Å². The third kappa shape index (κ3) is 0.181. The Morgan fingerprint density at radius 2 is 1.29 bits per heavy atom. The molecule has 38 valence electrons. The quantitative estimate of drug-likeness (QED) is 0.428. The van der Waals surface area contributed by atoms with Crippen LogP contribution in [-0.2, 0) is 0 Å². The zero-order valence-corrected chi connectivity index (χ0v) is 4.43. The van der Waals surface area contributed by atoms with Crippen molar-refractivity contribution in [3.63, 3.8) is 0 Å². The molecule has 0 bridgehead atoms. The highest BCUT2D eigenvalue weighted by molar-refractivity contribution is 5.13. The van der Waals surface area contributed by atoms with Crippen LogP contribution in [0, 0.1) is 23.7 Å². The maximum absolute atomic E-state index is 1.62. The van der Waals surface area contributed by atoms with Gasteiger partial charge in [-0.3, -0.25) is 0 Å². The molecule has 3 aliphatic carbocycles. The minimum Gasteiger partial charge on any atom is -0.0496 e. The largest absolute Gasteiger partial charge is 0.0496 e. The fourth-order valence-electron chi connectivity index (χ4n) is 2.69. The van der Waals surface area contributed by atoms with Crippen molar-refractivity contribution in [1.82, 2.24) is 0 Å². The van der Waals surface area contributed by atoms with Gasteiger partial charge >= 0.3 is 0 Å². The van der Waals surface area contributed by atoms with E-state index in [1.165, 1.54) is 23.7 Å². The van der Waals surface area contributed by atoms with Gasteiger partial charge in [0.25, 0.3) is 0 Å². The molecule has 7 heavy (non-hydrogen) atoms. The van der Waals surface area contributed by atoms with E-state index in [1.807, 2.05) is 0 Å². The standard InChI is InChI=1S/C7H10/c1-2-5-4(1)6-3-7(5)6/h4-7H,1-3H2/t4-,5+,6+,7-. The fraction of sp³-hybridized carbons (Fsp3) is 1.00. The van der Waals surface area contributed by atoms with Gasteiger partial charge in [0.2, 0.25) is 0 Å². The molecular weight excluding hydrogens is 84.1 g/mol. The van der Waals surface area contributed by atoms with Gasteiger partial charge < -0.3 is 0 Å². The molecule has 0 nitrogen and oxygen atoms in total. The molecule has 0 heteroatoms. The molecule has 0 unspecified atom stereocenters. The Balaban J connectivity index is 1.98. The topological polar surface area (TPSA) is 0 Å². The summed E-state index contributed by atoms with van der Waals surface area (Å²) < 4.78 is 0. The van der Waals surface area contributed by atoms with Crippen LogP contribution in [0.1, 0.15) is 19.3 Å². The SMILES string of the molecule is C1C[C@H]2[C@@H]1[C@@H]1C[C@H]21. The van der Waals surface area contributed by atoms with Crippen molar-refractivity contribution in [2.24, 2.45) is 23.7 Å². The number of hydrogen-bond donors (Lipinski definition) is 0. The van der Waals surface area contributed by atoms with Gasteiger partial charge in [-0.25, -0.2) is 0 Å². The van der Waals surface area contributed by atoms with Crippen molar-refractivity contribution >= 4 is 0 Å². The van der Waals surface area contributed by atoms with E-state index in [4.69, 9.17) is 0 Å². The van der Waals surface area contributed by atoms with Gasteiger partial charge in [0.1, 0.15) is 0 Å². The van der Waals surface area contributed by atoms with E-state index >= 15 is 0 Å². The molecule has 3 saturated carbocycles. The zero-order valence-electron chi connectivity index (χ0n) is 4.43. The molecule has 0 radical (unpaired) electrons. The minimum atomic E-state index is 1.25. The number of rotatable bonds is 0. The van der Waals surface area contributed by atoms with E-state index in [0.29, 0.717) is 0 Å². The molecule has 0 aromatic rings. The van der Waals surface area contributed by atoms with E-state index in [9.17, 15) is 0 Å². The summed E-state index contributed by atoms with van der Waals surface area (Å²) in [5.74, 6) is 5.03. The lowest BCUT2D eigenvalue weighted by atomic mass is 9.60. The van der Waals surface area contributed by atoms with Crippen LogP contribution in [0.15, 0.2) is 0 Å². The second kappa shape index (κ2) is 0.667. The Morgan fingerprint density at radius 1 is 0.714 bits per heavy atom. The molecule has 3 fully saturated rings. The molecule has 4 atom stereocenters. The first kappa shape index (κ1) is 3.11. The summed E-state index contributed by atoms with van der Waals surface area (Å²) in [5.41, 5.74) is 0. The van der Waals surface area contributed by atoms with Crippen molar-refractivity contribution in [1.29, 1.82) is 0 Å². The maximum Gasteiger partial charge on any atom is -0.0349 e. The molecule has 0 aromatic heterocycles. The van der Waals surface area contributed by atoms with Crippen LogP contribution in [-0.4, -0.2) is 0 Å². The average Bonchev–Trinajstić information content (AvgIpc) is 2.14. The molecule has 0 spiro atoms. The molecule has 0 aliphatic heterocycles. The van der Waals surface area contributed by atoms with E-state index in [0.717, 1.165) is 0 Å². The summed E-state index contributed by atoms with van der Waals surface area (Å²) in [6.45, 7) is 0. The zero-order chi connectivity index (χ0) is 4.43. The average molecular weight is 94.2 g/mol. The highest BCUT2D eigenvalue weighted by Crippen LogP contribution is 2.71. The van der Waals surface area contributed by atoms with Gasteiger partial charge in [-0.15, -0.1) is 0 Å². The minimum absolute atomic E-state index is 1.25. The van der Waals surface area contributed by atoms with Crippen LogP contribution >= 0.6 is 0 Å². The first-order chi connectivity index (χ1) is 3.47.